The van der Waals surface area contributed by atoms with Gasteiger partial charge in [-0.1, -0.05) is 0 Å². The van der Waals surface area contributed by atoms with E-state index in [0.717, 1.165) is 10.5 Å². The lowest BCUT2D eigenvalue weighted by molar-refractivity contribution is -0.504. The van der Waals surface area contributed by atoms with Crippen LogP contribution in [0.3, 0.4) is 0 Å². The molecule has 5 heteroatoms. The van der Waals surface area contributed by atoms with Crippen LogP contribution in [-0.2, 0) is 14.6 Å². The van der Waals surface area contributed by atoms with E-state index in [1.165, 1.54) is 14.2 Å². The SMILES string of the molecule is CON(C)ON(C)OC. The van der Waals surface area contributed by atoms with Crippen molar-refractivity contribution in [3.63, 3.8) is 0 Å². The lowest BCUT2D eigenvalue weighted by Crippen LogP contribution is -2.28. The van der Waals surface area contributed by atoms with Crippen LogP contribution in [0, 0.1) is 0 Å². The van der Waals surface area contributed by atoms with Crippen LogP contribution in [0.15, 0.2) is 0 Å². The Morgan fingerprint density at radius 2 is 1.22 bits per heavy atom. The van der Waals surface area contributed by atoms with Crippen molar-refractivity contribution >= 4 is 0 Å². The molecule has 0 aliphatic heterocycles. The summed E-state index contributed by atoms with van der Waals surface area (Å²) >= 11 is 0. The number of hydrogen-bond acceptors (Lipinski definition) is 5. The molecule has 0 aromatic rings. The van der Waals surface area contributed by atoms with Gasteiger partial charge >= 0.3 is 0 Å². The Kier molecular flexibility index (Phi) is 4.55. The summed E-state index contributed by atoms with van der Waals surface area (Å²) in [5.41, 5.74) is 0. The first-order valence-electron chi connectivity index (χ1n) is 2.44. The molecule has 0 saturated heterocycles. The van der Waals surface area contributed by atoms with E-state index >= 15 is 0 Å². The lowest BCUT2D eigenvalue weighted by Gasteiger charge is -2.18. The third kappa shape index (κ3) is 4.31. The molecule has 0 aromatic heterocycles. The van der Waals surface area contributed by atoms with Gasteiger partial charge in [-0.15, -0.1) is 0 Å². The Morgan fingerprint density at radius 3 is 1.44 bits per heavy atom. The van der Waals surface area contributed by atoms with E-state index in [1.54, 1.807) is 14.1 Å². The van der Waals surface area contributed by atoms with Crippen molar-refractivity contribution in [2.75, 3.05) is 28.3 Å². The summed E-state index contributed by atoms with van der Waals surface area (Å²) < 4.78 is 0. The molecule has 0 rings (SSSR count). The third-order valence-electron chi connectivity index (χ3n) is 0.744. The maximum atomic E-state index is 4.77. The highest BCUT2D eigenvalue weighted by molar-refractivity contribution is 3.92. The summed E-state index contributed by atoms with van der Waals surface area (Å²) in [4.78, 5) is 14.0. The average molecular weight is 136 g/mol. The molecule has 0 radical (unpaired) electrons. The van der Waals surface area contributed by atoms with Gasteiger partial charge in [-0.2, -0.15) is 4.94 Å². The molecule has 0 heterocycles. The summed E-state index contributed by atoms with van der Waals surface area (Å²) in [5, 5.41) is 2.31. The number of hydroxylamine groups is 4. The highest BCUT2D eigenvalue weighted by Gasteiger charge is 1.99. The van der Waals surface area contributed by atoms with Crippen molar-refractivity contribution < 1.29 is 14.6 Å². The molecule has 0 atom stereocenters. The number of nitrogens with zero attached hydrogens (tertiary/aromatic N) is 2. The van der Waals surface area contributed by atoms with Crippen LogP contribution in [0.4, 0.5) is 0 Å². The second kappa shape index (κ2) is 4.66. The maximum absolute atomic E-state index is 4.77. The van der Waals surface area contributed by atoms with Crippen molar-refractivity contribution in [1.82, 2.24) is 10.5 Å². The summed E-state index contributed by atoms with van der Waals surface area (Å²) in [6.45, 7) is 0. The van der Waals surface area contributed by atoms with Gasteiger partial charge in [-0.25, -0.2) is 0 Å². The van der Waals surface area contributed by atoms with Crippen LogP contribution in [0.1, 0.15) is 0 Å². The van der Waals surface area contributed by atoms with Gasteiger partial charge in [0.25, 0.3) is 0 Å². The highest BCUT2D eigenvalue weighted by atomic mass is 17.1. The van der Waals surface area contributed by atoms with Gasteiger partial charge in [0.05, 0.1) is 14.2 Å². The van der Waals surface area contributed by atoms with E-state index in [2.05, 4.69) is 9.68 Å². The molecule has 0 aromatic carbocycles. The zero-order chi connectivity index (χ0) is 7.28. The zero-order valence-electron chi connectivity index (χ0n) is 6.12. The van der Waals surface area contributed by atoms with Gasteiger partial charge < -0.3 is 0 Å². The van der Waals surface area contributed by atoms with E-state index < -0.39 is 0 Å². The monoisotopic (exact) mass is 136 g/mol. The Hall–Kier alpha value is -0.200. The minimum atomic E-state index is 1.16. The van der Waals surface area contributed by atoms with Gasteiger partial charge in [0, 0.05) is 14.1 Å². The zero-order valence-corrected chi connectivity index (χ0v) is 6.12. The molecule has 9 heavy (non-hydrogen) atoms. The molecule has 56 valence electrons. The van der Waals surface area contributed by atoms with E-state index in [1.807, 2.05) is 0 Å². The van der Waals surface area contributed by atoms with Crippen LogP contribution in [0.25, 0.3) is 0 Å². The second-order valence-corrected chi connectivity index (χ2v) is 1.33. The van der Waals surface area contributed by atoms with Crippen LogP contribution in [-0.4, -0.2) is 38.8 Å². The van der Waals surface area contributed by atoms with Crippen molar-refractivity contribution in [3.8, 4) is 0 Å². The van der Waals surface area contributed by atoms with Gasteiger partial charge in [0.1, 0.15) is 0 Å². The van der Waals surface area contributed by atoms with Crippen molar-refractivity contribution in [2.45, 2.75) is 0 Å². The first-order chi connectivity index (χ1) is 4.20. The first-order valence-corrected chi connectivity index (χ1v) is 2.44. The van der Waals surface area contributed by atoms with Crippen LogP contribution < -0.4 is 0 Å². The van der Waals surface area contributed by atoms with Crippen molar-refractivity contribution in [2.24, 2.45) is 0 Å². The fourth-order valence-electron chi connectivity index (χ4n) is 0.229. The minimum Gasteiger partial charge on any atom is -0.276 e. The molecule has 0 aliphatic rings. The Bertz CT molecular complexity index is 62.8. The van der Waals surface area contributed by atoms with Gasteiger partial charge in [-0.05, 0) is 10.5 Å². The minimum absolute atomic E-state index is 1.16. The fourth-order valence-corrected chi connectivity index (χ4v) is 0.229. The Morgan fingerprint density at radius 1 is 0.889 bits per heavy atom. The van der Waals surface area contributed by atoms with Gasteiger partial charge in [0.15, 0.2) is 0 Å². The van der Waals surface area contributed by atoms with Gasteiger partial charge in [-0.3, -0.25) is 9.68 Å². The summed E-state index contributed by atoms with van der Waals surface area (Å²) in [6.07, 6.45) is 0. The summed E-state index contributed by atoms with van der Waals surface area (Å²) in [5.74, 6) is 0. The summed E-state index contributed by atoms with van der Waals surface area (Å²) in [7, 11) is 6.19. The number of rotatable bonds is 4. The van der Waals surface area contributed by atoms with E-state index in [4.69, 9.17) is 4.94 Å². The molecule has 0 aliphatic carbocycles. The molecule has 0 spiro atoms. The molecule has 0 unspecified atom stereocenters. The van der Waals surface area contributed by atoms with Crippen molar-refractivity contribution in [3.05, 3.63) is 0 Å². The van der Waals surface area contributed by atoms with Crippen LogP contribution in [0.2, 0.25) is 0 Å². The lowest BCUT2D eigenvalue weighted by atomic mass is 11.4. The normalized spacial score (nSPS) is 11.3. The molecular formula is C4H12N2O3. The van der Waals surface area contributed by atoms with E-state index in [0.29, 0.717) is 0 Å². The fraction of sp³-hybridized carbons (Fsp3) is 1.00. The largest absolute Gasteiger partial charge is 0.276 e. The molecular weight excluding hydrogens is 124 g/mol. The molecule has 0 bridgehead atoms. The third-order valence-corrected chi connectivity index (χ3v) is 0.744. The standard InChI is InChI=1S/C4H12N2O3/c1-5(7-3)9-6(2)8-4/h1-4H3. The van der Waals surface area contributed by atoms with Gasteiger partial charge in [0.2, 0.25) is 0 Å². The average Bonchev–Trinajstić information content (AvgIpc) is 1.87. The quantitative estimate of drug-likeness (QED) is 0.501. The predicted molar refractivity (Wildman–Crippen MR) is 30.6 cm³/mol. The maximum Gasteiger partial charge on any atom is 0.0602 e. The smallest absolute Gasteiger partial charge is 0.0602 e. The van der Waals surface area contributed by atoms with Crippen molar-refractivity contribution in [1.29, 1.82) is 0 Å². The van der Waals surface area contributed by atoms with E-state index in [-0.39, 0.29) is 0 Å². The molecule has 5 nitrogen and oxygen atoms in total. The highest BCUT2D eigenvalue weighted by Crippen LogP contribution is 1.88. The first kappa shape index (κ1) is 8.80. The number of hydrogen-bond donors (Lipinski definition) is 0. The van der Waals surface area contributed by atoms with E-state index in [9.17, 15) is 0 Å². The summed E-state index contributed by atoms with van der Waals surface area (Å²) in [6, 6.07) is 0. The second-order valence-electron chi connectivity index (χ2n) is 1.33. The topological polar surface area (TPSA) is 34.2 Å². The van der Waals surface area contributed by atoms with Crippen LogP contribution in [0.5, 0.6) is 0 Å². The molecule has 0 fully saturated rings. The molecule has 0 amide bonds. The molecule has 0 N–H and O–H groups in total. The Balaban J connectivity index is 3.22. The molecule has 0 saturated carbocycles. The Labute approximate surface area is 54.5 Å². The predicted octanol–water partition coefficient (Wildman–Crippen LogP) is -0.181. The van der Waals surface area contributed by atoms with Crippen LogP contribution >= 0.6 is 0 Å².